The minimum Gasteiger partial charge on any atom is -0.381 e. The van der Waals surface area contributed by atoms with E-state index in [1.54, 1.807) is 0 Å². The highest BCUT2D eigenvalue weighted by Crippen LogP contribution is 2.44. The van der Waals surface area contributed by atoms with Crippen molar-refractivity contribution < 1.29 is 13.5 Å². The van der Waals surface area contributed by atoms with Crippen LogP contribution < -0.4 is 0 Å². The average molecular weight is 248 g/mol. The highest BCUT2D eigenvalue weighted by atomic mass is 19.3. The van der Waals surface area contributed by atoms with E-state index in [4.69, 9.17) is 4.74 Å². The maximum Gasteiger partial charge on any atom is 0.241 e. The summed E-state index contributed by atoms with van der Waals surface area (Å²) in [5.74, 6) is 0.0307. The van der Waals surface area contributed by atoms with Gasteiger partial charge >= 0.3 is 0 Å². The molecule has 3 heteroatoms. The van der Waals surface area contributed by atoms with E-state index in [-0.39, 0.29) is 23.2 Å². The van der Waals surface area contributed by atoms with Crippen LogP contribution in [0.15, 0.2) is 0 Å². The second-order valence-electron chi connectivity index (χ2n) is 6.66. The van der Waals surface area contributed by atoms with Crippen LogP contribution in [0.2, 0.25) is 0 Å². The molecule has 102 valence electrons. The van der Waals surface area contributed by atoms with Crippen molar-refractivity contribution in [1.82, 2.24) is 0 Å². The number of ether oxygens (including phenoxy) is 1. The molecule has 0 spiro atoms. The molecule has 0 aromatic heterocycles. The molecule has 1 aliphatic heterocycles. The van der Waals surface area contributed by atoms with Crippen molar-refractivity contribution in [2.75, 3.05) is 13.2 Å². The van der Waals surface area contributed by atoms with Gasteiger partial charge in [0.2, 0.25) is 6.43 Å². The van der Waals surface area contributed by atoms with E-state index in [2.05, 4.69) is 34.6 Å². The van der Waals surface area contributed by atoms with Crippen molar-refractivity contribution in [3.63, 3.8) is 0 Å². The fraction of sp³-hybridized carbons (Fsp3) is 1.00. The molecule has 0 N–H and O–H groups in total. The number of hydrogen-bond donors (Lipinski definition) is 0. The van der Waals surface area contributed by atoms with Crippen LogP contribution in [0.25, 0.3) is 0 Å². The number of alkyl halides is 2. The van der Waals surface area contributed by atoms with Gasteiger partial charge in [-0.05, 0) is 29.6 Å². The van der Waals surface area contributed by atoms with Crippen LogP contribution in [-0.2, 0) is 4.74 Å². The van der Waals surface area contributed by atoms with Crippen LogP contribution in [0.5, 0.6) is 0 Å². The van der Waals surface area contributed by atoms with Gasteiger partial charge < -0.3 is 4.74 Å². The van der Waals surface area contributed by atoms with Gasteiger partial charge in [0.1, 0.15) is 0 Å². The molecule has 0 aromatic carbocycles. The Morgan fingerprint density at radius 1 is 1.18 bits per heavy atom. The van der Waals surface area contributed by atoms with Gasteiger partial charge in [-0.1, -0.05) is 34.6 Å². The Balaban J connectivity index is 3.00. The van der Waals surface area contributed by atoms with E-state index >= 15 is 0 Å². The molecule has 1 saturated heterocycles. The van der Waals surface area contributed by atoms with Crippen molar-refractivity contribution in [3.05, 3.63) is 0 Å². The third-order valence-corrected chi connectivity index (χ3v) is 4.06. The molecule has 1 heterocycles. The zero-order valence-corrected chi connectivity index (χ0v) is 11.7. The molecule has 1 nitrogen and oxygen atoms in total. The van der Waals surface area contributed by atoms with Gasteiger partial charge in [0.05, 0.1) is 6.61 Å². The predicted octanol–water partition coefficient (Wildman–Crippen LogP) is 4.22. The van der Waals surface area contributed by atoms with E-state index in [1.807, 2.05) is 0 Å². The lowest BCUT2D eigenvalue weighted by Crippen LogP contribution is -2.39. The fourth-order valence-corrected chi connectivity index (χ4v) is 3.11. The lowest BCUT2D eigenvalue weighted by molar-refractivity contribution is -0.0196. The van der Waals surface area contributed by atoms with Crippen LogP contribution in [0.4, 0.5) is 8.78 Å². The van der Waals surface area contributed by atoms with Crippen molar-refractivity contribution in [2.45, 2.75) is 47.5 Å². The van der Waals surface area contributed by atoms with Gasteiger partial charge in [0.25, 0.3) is 0 Å². The second kappa shape index (κ2) is 5.64. The quantitative estimate of drug-likeness (QED) is 0.711. The summed E-state index contributed by atoms with van der Waals surface area (Å²) in [7, 11) is 0. The first kappa shape index (κ1) is 14.9. The molecule has 3 atom stereocenters. The highest BCUT2D eigenvalue weighted by Gasteiger charge is 2.43. The van der Waals surface area contributed by atoms with Gasteiger partial charge in [-0.15, -0.1) is 0 Å². The van der Waals surface area contributed by atoms with Crippen LogP contribution in [-0.4, -0.2) is 19.6 Å². The first-order chi connectivity index (χ1) is 7.75. The zero-order chi connectivity index (χ0) is 13.2. The molecule has 0 aromatic rings. The zero-order valence-electron chi connectivity index (χ0n) is 11.7. The molecular formula is C14H26F2O. The minimum atomic E-state index is -2.23. The topological polar surface area (TPSA) is 9.23 Å². The molecule has 0 radical (unpaired) electrons. The third kappa shape index (κ3) is 3.64. The van der Waals surface area contributed by atoms with Crippen molar-refractivity contribution >= 4 is 0 Å². The Hall–Kier alpha value is -0.180. The summed E-state index contributed by atoms with van der Waals surface area (Å²) in [6, 6.07) is 0. The fourth-order valence-electron chi connectivity index (χ4n) is 3.11. The smallest absolute Gasteiger partial charge is 0.241 e. The van der Waals surface area contributed by atoms with E-state index < -0.39 is 12.3 Å². The molecule has 1 aliphatic rings. The standard InChI is InChI=1S/C14H26F2O/c1-9(2)12-10(13(15)16)6-7-17-8-11(12)14(3,4)5/h9-13H,6-8H2,1-5H3. The predicted molar refractivity (Wildman–Crippen MR) is 66.2 cm³/mol. The Bertz CT molecular complexity index is 233. The van der Waals surface area contributed by atoms with Gasteiger partial charge in [-0.25, -0.2) is 8.78 Å². The SMILES string of the molecule is CC(C)C1C(C(F)F)CCOCC1C(C)(C)C. The molecule has 3 unspecified atom stereocenters. The van der Waals surface area contributed by atoms with Crippen molar-refractivity contribution in [1.29, 1.82) is 0 Å². The van der Waals surface area contributed by atoms with Crippen LogP contribution >= 0.6 is 0 Å². The van der Waals surface area contributed by atoms with E-state index in [9.17, 15) is 8.78 Å². The van der Waals surface area contributed by atoms with Crippen LogP contribution in [0.1, 0.15) is 41.0 Å². The van der Waals surface area contributed by atoms with Gasteiger partial charge in [0, 0.05) is 12.5 Å². The summed E-state index contributed by atoms with van der Waals surface area (Å²) in [4.78, 5) is 0. The Kier molecular flexibility index (Phi) is 4.94. The Morgan fingerprint density at radius 3 is 2.18 bits per heavy atom. The number of rotatable bonds is 2. The molecule has 0 bridgehead atoms. The average Bonchev–Trinajstić information content (AvgIpc) is 2.37. The van der Waals surface area contributed by atoms with E-state index in [0.717, 1.165) is 0 Å². The summed E-state index contributed by atoms with van der Waals surface area (Å²) in [5, 5.41) is 0. The monoisotopic (exact) mass is 248 g/mol. The molecular weight excluding hydrogens is 222 g/mol. The summed E-state index contributed by atoms with van der Waals surface area (Å²) in [6.07, 6.45) is -1.73. The van der Waals surface area contributed by atoms with Crippen LogP contribution in [0.3, 0.4) is 0 Å². The lowest BCUT2D eigenvalue weighted by Gasteiger charge is -2.41. The first-order valence-corrected chi connectivity index (χ1v) is 6.61. The molecule has 0 aliphatic carbocycles. The molecule has 0 saturated carbocycles. The third-order valence-electron chi connectivity index (χ3n) is 4.06. The summed E-state index contributed by atoms with van der Waals surface area (Å²) < 4.78 is 32.0. The normalized spacial score (nSPS) is 31.9. The van der Waals surface area contributed by atoms with E-state index in [1.165, 1.54) is 0 Å². The molecule has 1 fully saturated rings. The summed E-state index contributed by atoms with van der Waals surface area (Å²) in [5.41, 5.74) is 0.0203. The maximum absolute atomic E-state index is 13.2. The lowest BCUT2D eigenvalue weighted by atomic mass is 9.65. The van der Waals surface area contributed by atoms with Gasteiger partial charge in [0.15, 0.2) is 0 Å². The Morgan fingerprint density at radius 2 is 1.76 bits per heavy atom. The van der Waals surface area contributed by atoms with Crippen molar-refractivity contribution in [3.8, 4) is 0 Å². The van der Waals surface area contributed by atoms with Crippen molar-refractivity contribution in [2.24, 2.45) is 29.1 Å². The van der Waals surface area contributed by atoms with Gasteiger partial charge in [-0.2, -0.15) is 0 Å². The Labute approximate surface area is 104 Å². The number of hydrogen-bond acceptors (Lipinski definition) is 1. The minimum absolute atomic E-state index is 0.0203. The first-order valence-electron chi connectivity index (χ1n) is 6.61. The highest BCUT2D eigenvalue weighted by molar-refractivity contribution is 4.88. The maximum atomic E-state index is 13.2. The van der Waals surface area contributed by atoms with Crippen LogP contribution in [0, 0.1) is 29.1 Å². The summed E-state index contributed by atoms with van der Waals surface area (Å²) >= 11 is 0. The summed E-state index contributed by atoms with van der Waals surface area (Å²) in [6.45, 7) is 11.6. The molecule has 17 heavy (non-hydrogen) atoms. The molecule has 0 amide bonds. The second-order valence-corrected chi connectivity index (χ2v) is 6.66. The van der Waals surface area contributed by atoms with E-state index in [0.29, 0.717) is 19.6 Å². The largest absolute Gasteiger partial charge is 0.381 e. The number of halogens is 2. The molecule has 1 rings (SSSR count). The van der Waals surface area contributed by atoms with Gasteiger partial charge in [-0.3, -0.25) is 0 Å².